The van der Waals surface area contributed by atoms with Crippen molar-refractivity contribution >= 4 is 23.1 Å². The molecule has 0 atom stereocenters. The van der Waals surface area contributed by atoms with Gasteiger partial charge in [-0.25, -0.2) is 4.98 Å². The highest BCUT2D eigenvalue weighted by molar-refractivity contribution is 7.08. The zero-order valence-electron chi connectivity index (χ0n) is 14.0. The van der Waals surface area contributed by atoms with Crippen molar-refractivity contribution < 1.29 is 4.79 Å². The molecule has 4 heterocycles. The fourth-order valence-electron chi connectivity index (χ4n) is 2.59. The SMILES string of the molecule is Cc1cc(NC(=O)Cn2ccc(-c3ccsc3)n2)n(-c2ccccn2)n1. The number of aryl methyl sites for hydroxylation is 1. The van der Waals surface area contributed by atoms with Gasteiger partial charge >= 0.3 is 0 Å². The van der Waals surface area contributed by atoms with Crippen molar-refractivity contribution in [3.8, 4) is 17.1 Å². The molecule has 8 heteroatoms. The lowest BCUT2D eigenvalue weighted by Gasteiger charge is -2.08. The monoisotopic (exact) mass is 364 g/mol. The Kier molecular flexibility index (Phi) is 4.32. The van der Waals surface area contributed by atoms with Crippen molar-refractivity contribution in [2.75, 3.05) is 5.32 Å². The highest BCUT2D eigenvalue weighted by Crippen LogP contribution is 2.20. The fraction of sp³-hybridized carbons (Fsp3) is 0.111. The molecule has 0 saturated carbocycles. The lowest BCUT2D eigenvalue weighted by molar-refractivity contribution is -0.116. The van der Waals surface area contributed by atoms with Gasteiger partial charge in [0.2, 0.25) is 5.91 Å². The number of nitrogens with one attached hydrogen (secondary N) is 1. The average molecular weight is 364 g/mol. The average Bonchev–Trinajstić information content (AvgIpc) is 3.36. The highest BCUT2D eigenvalue weighted by Gasteiger charge is 2.13. The summed E-state index contributed by atoms with van der Waals surface area (Å²) in [6.07, 6.45) is 3.49. The molecule has 1 amide bonds. The smallest absolute Gasteiger partial charge is 0.247 e. The molecule has 0 aromatic carbocycles. The lowest BCUT2D eigenvalue weighted by Crippen LogP contribution is -2.21. The third-order valence-corrected chi connectivity index (χ3v) is 4.41. The van der Waals surface area contributed by atoms with Crippen LogP contribution in [0.2, 0.25) is 0 Å². The Morgan fingerprint density at radius 3 is 2.92 bits per heavy atom. The Balaban J connectivity index is 1.49. The van der Waals surface area contributed by atoms with E-state index >= 15 is 0 Å². The molecule has 4 aromatic rings. The second-order valence-electron chi connectivity index (χ2n) is 5.73. The number of hydrogen-bond acceptors (Lipinski definition) is 5. The molecule has 0 aliphatic rings. The number of carbonyl (C=O) groups excluding carboxylic acids is 1. The largest absolute Gasteiger partial charge is 0.309 e. The van der Waals surface area contributed by atoms with Crippen molar-refractivity contribution in [2.45, 2.75) is 13.5 Å². The molecule has 0 saturated heterocycles. The van der Waals surface area contributed by atoms with Crippen molar-refractivity contribution in [3.05, 3.63) is 65.2 Å². The van der Waals surface area contributed by atoms with Gasteiger partial charge in [-0.05, 0) is 36.6 Å². The van der Waals surface area contributed by atoms with Gasteiger partial charge in [-0.3, -0.25) is 9.48 Å². The number of thiophene rings is 1. The summed E-state index contributed by atoms with van der Waals surface area (Å²) in [4.78, 5) is 16.7. The van der Waals surface area contributed by atoms with Gasteiger partial charge in [0.25, 0.3) is 0 Å². The van der Waals surface area contributed by atoms with Crippen LogP contribution in [0.1, 0.15) is 5.69 Å². The molecule has 0 fully saturated rings. The summed E-state index contributed by atoms with van der Waals surface area (Å²) in [5, 5.41) is 15.8. The molecule has 4 rings (SSSR count). The van der Waals surface area contributed by atoms with E-state index in [2.05, 4.69) is 20.5 Å². The first-order valence-corrected chi connectivity index (χ1v) is 8.97. The number of aromatic nitrogens is 5. The first-order valence-electron chi connectivity index (χ1n) is 8.03. The number of nitrogens with zero attached hydrogens (tertiary/aromatic N) is 5. The second kappa shape index (κ2) is 6.93. The van der Waals surface area contributed by atoms with Crippen LogP contribution in [-0.4, -0.2) is 30.5 Å². The normalized spacial score (nSPS) is 10.8. The second-order valence-corrected chi connectivity index (χ2v) is 6.51. The van der Waals surface area contributed by atoms with Crippen LogP contribution in [0.4, 0.5) is 5.82 Å². The summed E-state index contributed by atoms with van der Waals surface area (Å²) in [6.45, 7) is 1.99. The third kappa shape index (κ3) is 3.40. The van der Waals surface area contributed by atoms with Crippen LogP contribution >= 0.6 is 11.3 Å². The van der Waals surface area contributed by atoms with E-state index in [1.165, 1.54) is 0 Å². The van der Waals surface area contributed by atoms with E-state index in [1.54, 1.807) is 33.1 Å². The quantitative estimate of drug-likeness (QED) is 0.590. The number of carbonyl (C=O) groups is 1. The third-order valence-electron chi connectivity index (χ3n) is 3.73. The van der Waals surface area contributed by atoms with Gasteiger partial charge in [0.05, 0.1) is 11.4 Å². The number of hydrogen-bond donors (Lipinski definition) is 1. The molecule has 0 unspecified atom stereocenters. The Hall–Kier alpha value is -3.26. The molecular weight excluding hydrogens is 348 g/mol. The molecule has 1 N–H and O–H groups in total. The first kappa shape index (κ1) is 16.2. The zero-order chi connectivity index (χ0) is 17.9. The van der Waals surface area contributed by atoms with E-state index in [0.29, 0.717) is 11.6 Å². The fourth-order valence-corrected chi connectivity index (χ4v) is 3.24. The lowest BCUT2D eigenvalue weighted by atomic mass is 10.2. The highest BCUT2D eigenvalue weighted by atomic mass is 32.1. The Morgan fingerprint density at radius 1 is 1.23 bits per heavy atom. The van der Waals surface area contributed by atoms with Crippen LogP contribution in [0.3, 0.4) is 0 Å². The molecule has 0 radical (unpaired) electrons. The molecular formula is C18H16N6OS. The van der Waals surface area contributed by atoms with E-state index in [9.17, 15) is 4.79 Å². The van der Waals surface area contributed by atoms with Crippen LogP contribution in [0, 0.1) is 6.92 Å². The van der Waals surface area contributed by atoms with Gasteiger partial charge in [-0.2, -0.15) is 26.2 Å². The van der Waals surface area contributed by atoms with Crippen molar-refractivity contribution in [3.63, 3.8) is 0 Å². The maximum absolute atomic E-state index is 12.4. The van der Waals surface area contributed by atoms with Crippen LogP contribution in [0.25, 0.3) is 17.1 Å². The van der Waals surface area contributed by atoms with Crippen molar-refractivity contribution in [1.29, 1.82) is 0 Å². The predicted molar refractivity (Wildman–Crippen MR) is 100 cm³/mol. The van der Waals surface area contributed by atoms with Crippen LogP contribution in [-0.2, 0) is 11.3 Å². The molecule has 0 aliphatic heterocycles. The maximum Gasteiger partial charge on any atom is 0.247 e. The van der Waals surface area contributed by atoms with Gasteiger partial charge in [-0.1, -0.05) is 6.07 Å². The number of anilines is 1. The van der Waals surface area contributed by atoms with Gasteiger partial charge < -0.3 is 5.32 Å². The number of pyridine rings is 1. The van der Waals surface area contributed by atoms with Crippen LogP contribution in [0.5, 0.6) is 0 Å². The van der Waals surface area contributed by atoms with Gasteiger partial charge in [0, 0.05) is 29.4 Å². The molecule has 130 valence electrons. The molecule has 7 nitrogen and oxygen atoms in total. The molecule has 4 aromatic heterocycles. The topological polar surface area (TPSA) is 77.6 Å². The maximum atomic E-state index is 12.4. The summed E-state index contributed by atoms with van der Waals surface area (Å²) in [6, 6.07) is 11.3. The van der Waals surface area contributed by atoms with Crippen molar-refractivity contribution in [2.24, 2.45) is 0 Å². The summed E-state index contributed by atoms with van der Waals surface area (Å²) in [5.41, 5.74) is 2.70. The molecule has 0 spiro atoms. The number of rotatable bonds is 5. The minimum absolute atomic E-state index is 0.122. The van der Waals surface area contributed by atoms with Gasteiger partial charge in [0.1, 0.15) is 12.4 Å². The number of amides is 1. The minimum Gasteiger partial charge on any atom is -0.309 e. The minimum atomic E-state index is -0.179. The van der Waals surface area contributed by atoms with Gasteiger partial charge in [-0.15, -0.1) is 0 Å². The molecule has 26 heavy (non-hydrogen) atoms. The van der Waals surface area contributed by atoms with Crippen LogP contribution < -0.4 is 5.32 Å². The van der Waals surface area contributed by atoms with Crippen LogP contribution in [0.15, 0.2) is 59.6 Å². The predicted octanol–water partition coefficient (Wildman–Crippen LogP) is 3.14. The van der Waals surface area contributed by atoms with Gasteiger partial charge in [0.15, 0.2) is 5.82 Å². The molecule has 0 bridgehead atoms. The summed E-state index contributed by atoms with van der Waals surface area (Å²) in [7, 11) is 0. The van der Waals surface area contributed by atoms with Crippen molar-refractivity contribution in [1.82, 2.24) is 24.5 Å². The summed E-state index contributed by atoms with van der Waals surface area (Å²) >= 11 is 1.62. The first-order chi connectivity index (χ1) is 12.7. The summed E-state index contributed by atoms with van der Waals surface area (Å²) in [5.74, 6) is 1.05. The van der Waals surface area contributed by atoms with E-state index in [4.69, 9.17) is 0 Å². The van der Waals surface area contributed by atoms with E-state index in [0.717, 1.165) is 17.0 Å². The zero-order valence-corrected chi connectivity index (χ0v) is 14.8. The molecule has 0 aliphatic carbocycles. The van der Waals surface area contributed by atoms with E-state index in [-0.39, 0.29) is 12.5 Å². The Morgan fingerprint density at radius 2 is 2.15 bits per heavy atom. The standard InChI is InChI=1S/C18H16N6OS/c1-13-10-17(24(21-13)16-4-2-3-7-19-16)20-18(25)11-23-8-5-15(22-23)14-6-9-26-12-14/h2-10,12H,11H2,1H3,(H,20,25). The van der Waals surface area contributed by atoms with E-state index in [1.807, 2.05) is 54.1 Å². The summed E-state index contributed by atoms with van der Waals surface area (Å²) < 4.78 is 3.24. The Labute approximate surface area is 153 Å². The van der Waals surface area contributed by atoms with E-state index < -0.39 is 0 Å². The Bertz CT molecular complexity index is 1020.